The van der Waals surface area contributed by atoms with Crippen molar-refractivity contribution in [2.45, 2.75) is 13.0 Å². The first kappa shape index (κ1) is 21.0. The number of fused-ring (bicyclic) bond motifs is 1. The van der Waals surface area contributed by atoms with Gasteiger partial charge in [-0.05, 0) is 59.0 Å². The minimum absolute atomic E-state index is 0.0870. The number of pyridine rings is 1. The van der Waals surface area contributed by atoms with Crippen molar-refractivity contribution >= 4 is 28.3 Å². The van der Waals surface area contributed by atoms with Gasteiger partial charge in [0.2, 0.25) is 5.91 Å². The lowest BCUT2D eigenvalue weighted by atomic mass is 10.1. The highest BCUT2D eigenvalue weighted by Gasteiger charge is 2.09. The number of hydrogen-bond acceptors (Lipinski definition) is 3. The maximum Gasteiger partial charge on any atom is 0.335 e. The molecule has 4 aromatic rings. The number of carboxylic acid groups (broad SMARTS) is 1. The average Bonchev–Trinajstić information content (AvgIpc) is 2.78. The molecule has 0 aliphatic carbocycles. The van der Waals surface area contributed by atoms with Gasteiger partial charge < -0.3 is 15.0 Å². The van der Waals surface area contributed by atoms with Crippen LogP contribution in [0.15, 0.2) is 83.8 Å². The number of benzene rings is 3. The Morgan fingerprint density at radius 1 is 0.906 bits per heavy atom. The smallest absolute Gasteiger partial charge is 0.335 e. The number of anilines is 1. The highest BCUT2D eigenvalue weighted by Crippen LogP contribution is 2.17. The van der Waals surface area contributed by atoms with Crippen molar-refractivity contribution in [3.8, 4) is 0 Å². The molecule has 0 aliphatic heterocycles. The number of carbonyl (C=O) groups excluding carboxylic acids is 1. The van der Waals surface area contributed by atoms with Crippen LogP contribution in [0.5, 0.6) is 0 Å². The molecule has 0 spiro atoms. The minimum atomic E-state index is -1.01. The highest BCUT2D eigenvalue weighted by atomic mass is 19.1. The van der Waals surface area contributed by atoms with E-state index in [2.05, 4.69) is 5.32 Å². The Morgan fingerprint density at radius 2 is 1.59 bits per heavy atom. The molecule has 0 fully saturated rings. The number of carboxylic acids is 1. The van der Waals surface area contributed by atoms with E-state index in [0.717, 1.165) is 10.9 Å². The van der Waals surface area contributed by atoms with Crippen molar-refractivity contribution in [3.63, 3.8) is 0 Å². The number of nitrogens with one attached hydrogen (secondary N) is 1. The second-order valence-electron chi connectivity index (χ2n) is 7.40. The molecule has 1 amide bonds. The Kier molecular flexibility index (Phi) is 5.81. The average molecular weight is 430 g/mol. The fraction of sp³-hybridized carbons (Fsp3) is 0.0800. The van der Waals surface area contributed by atoms with Gasteiger partial charge in [-0.3, -0.25) is 9.59 Å². The quantitative estimate of drug-likeness (QED) is 0.483. The van der Waals surface area contributed by atoms with Gasteiger partial charge in [0.25, 0.3) is 5.56 Å². The van der Waals surface area contributed by atoms with Gasteiger partial charge in [0.15, 0.2) is 0 Å². The number of carbonyl (C=O) groups is 2. The molecule has 160 valence electrons. The van der Waals surface area contributed by atoms with Crippen LogP contribution in [0.1, 0.15) is 21.5 Å². The van der Waals surface area contributed by atoms with E-state index in [0.29, 0.717) is 16.6 Å². The SMILES string of the molecule is O=C(Cc1ccc(F)cc1)Nc1ccc2ccn(Cc3ccc(C(=O)O)cc3)c(=O)c2c1. The van der Waals surface area contributed by atoms with Crippen molar-refractivity contribution < 1.29 is 19.1 Å². The number of rotatable bonds is 6. The van der Waals surface area contributed by atoms with Crippen molar-refractivity contribution in [2.75, 3.05) is 5.32 Å². The van der Waals surface area contributed by atoms with E-state index in [9.17, 15) is 18.8 Å². The van der Waals surface area contributed by atoms with Gasteiger partial charge in [-0.1, -0.05) is 30.3 Å². The minimum Gasteiger partial charge on any atom is -0.478 e. The Hall–Kier alpha value is -4.26. The molecule has 0 aliphatic rings. The lowest BCUT2D eigenvalue weighted by Crippen LogP contribution is -2.20. The molecule has 1 heterocycles. The van der Waals surface area contributed by atoms with Crippen molar-refractivity contribution in [1.82, 2.24) is 4.57 Å². The number of amides is 1. The zero-order valence-electron chi connectivity index (χ0n) is 16.9. The number of nitrogens with zero attached hydrogens (tertiary/aromatic N) is 1. The number of aromatic carboxylic acids is 1. The van der Waals surface area contributed by atoms with E-state index in [1.807, 2.05) is 6.07 Å². The number of hydrogen-bond donors (Lipinski definition) is 2. The first-order valence-corrected chi connectivity index (χ1v) is 9.89. The largest absolute Gasteiger partial charge is 0.478 e. The van der Waals surface area contributed by atoms with E-state index < -0.39 is 5.97 Å². The summed E-state index contributed by atoms with van der Waals surface area (Å²) in [7, 11) is 0. The van der Waals surface area contributed by atoms with E-state index in [-0.39, 0.29) is 35.8 Å². The summed E-state index contributed by atoms with van der Waals surface area (Å²) in [6.07, 6.45) is 1.77. The molecule has 4 rings (SSSR count). The summed E-state index contributed by atoms with van der Waals surface area (Å²) in [5.41, 5.74) is 1.92. The van der Waals surface area contributed by atoms with E-state index in [1.54, 1.807) is 48.7 Å². The Bertz CT molecular complexity index is 1360. The van der Waals surface area contributed by atoms with Gasteiger partial charge >= 0.3 is 5.97 Å². The Morgan fingerprint density at radius 3 is 2.28 bits per heavy atom. The lowest BCUT2D eigenvalue weighted by Gasteiger charge is -2.10. The summed E-state index contributed by atoms with van der Waals surface area (Å²) >= 11 is 0. The second-order valence-corrected chi connectivity index (χ2v) is 7.40. The van der Waals surface area contributed by atoms with Crippen molar-refractivity contribution in [2.24, 2.45) is 0 Å². The molecule has 7 heteroatoms. The predicted molar refractivity (Wildman–Crippen MR) is 119 cm³/mol. The normalized spacial score (nSPS) is 10.8. The molecule has 3 aromatic carbocycles. The summed E-state index contributed by atoms with van der Waals surface area (Å²) in [5, 5.41) is 13.0. The van der Waals surface area contributed by atoms with Crippen LogP contribution in [0.25, 0.3) is 10.8 Å². The molecule has 0 saturated heterocycles. The third kappa shape index (κ3) is 4.73. The van der Waals surface area contributed by atoms with Crippen LogP contribution in [-0.2, 0) is 17.8 Å². The van der Waals surface area contributed by atoms with Gasteiger partial charge in [0.1, 0.15) is 5.82 Å². The number of aromatic nitrogens is 1. The van der Waals surface area contributed by atoms with Crippen LogP contribution in [0.4, 0.5) is 10.1 Å². The lowest BCUT2D eigenvalue weighted by molar-refractivity contribution is -0.115. The van der Waals surface area contributed by atoms with Crippen LogP contribution >= 0.6 is 0 Å². The molecule has 32 heavy (non-hydrogen) atoms. The molecular weight excluding hydrogens is 411 g/mol. The molecule has 0 atom stereocenters. The third-order valence-electron chi connectivity index (χ3n) is 5.09. The third-order valence-corrected chi connectivity index (χ3v) is 5.09. The maximum atomic E-state index is 13.0. The van der Waals surface area contributed by atoms with Crippen LogP contribution in [0.3, 0.4) is 0 Å². The zero-order valence-corrected chi connectivity index (χ0v) is 16.9. The zero-order chi connectivity index (χ0) is 22.7. The molecule has 0 unspecified atom stereocenters. The van der Waals surface area contributed by atoms with Gasteiger partial charge in [-0.25, -0.2) is 9.18 Å². The molecule has 6 nitrogen and oxygen atoms in total. The molecule has 2 N–H and O–H groups in total. The predicted octanol–water partition coefficient (Wildman–Crippen LogP) is 4.07. The molecule has 0 radical (unpaired) electrons. The summed E-state index contributed by atoms with van der Waals surface area (Å²) in [6, 6.07) is 19.0. The van der Waals surface area contributed by atoms with Crippen molar-refractivity contribution in [3.05, 3.63) is 112 Å². The highest BCUT2D eigenvalue weighted by molar-refractivity contribution is 5.95. The standard InChI is InChI=1S/C25H19FN2O4/c26-20-8-3-16(4-9-20)13-23(29)27-21-10-7-18-11-12-28(24(30)22(18)14-21)15-17-1-5-19(6-2-17)25(31)32/h1-12,14H,13,15H2,(H,27,29)(H,31,32). The molecule has 1 aromatic heterocycles. The molecular formula is C25H19FN2O4. The van der Waals surface area contributed by atoms with Crippen LogP contribution in [0.2, 0.25) is 0 Å². The maximum absolute atomic E-state index is 13.0. The first-order chi connectivity index (χ1) is 15.4. The molecule has 0 bridgehead atoms. The van der Waals surface area contributed by atoms with E-state index in [4.69, 9.17) is 5.11 Å². The Labute approximate surface area is 182 Å². The van der Waals surface area contributed by atoms with Crippen LogP contribution in [-0.4, -0.2) is 21.6 Å². The summed E-state index contributed by atoms with van der Waals surface area (Å²) in [6.45, 7) is 0.288. The first-order valence-electron chi connectivity index (χ1n) is 9.89. The summed E-state index contributed by atoms with van der Waals surface area (Å²) in [5.74, 6) is -1.64. The monoisotopic (exact) mass is 430 g/mol. The second kappa shape index (κ2) is 8.85. The summed E-state index contributed by atoms with van der Waals surface area (Å²) < 4.78 is 14.6. The topological polar surface area (TPSA) is 88.4 Å². The Balaban J connectivity index is 1.54. The van der Waals surface area contributed by atoms with Gasteiger partial charge in [-0.15, -0.1) is 0 Å². The van der Waals surface area contributed by atoms with Gasteiger partial charge in [0.05, 0.1) is 18.5 Å². The fourth-order valence-corrected chi connectivity index (χ4v) is 3.42. The van der Waals surface area contributed by atoms with Crippen molar-refractivity contribution in [1.29, 1.82) is 0 Å². The van der Waals surface area contributed by atoms with Crippen LogP contribution < -0.4 is 10.9 Å². The van der Waals surface area contributed by atoms with E-state index >= 15 is 0 Å². The van der Waals surface area contributed by atoms with Gasteiger partial charge in [0, 0.05) is 17.3 Å². The molecule has 0 saturated carbocycles. The van der Waals surface area contributed by atoms with Gasteiger partial charge in [-0.2, -0.15) is 0 Å². The fourth-order valence-electron chi connectivity index (χ4n) is 3.42. The summed E-state index contributed by atoms with van der Waals surface area (Å²) in [4.78, 5) is 36.3. The number of halogens is 1. The van der Waals surface area contributed by atoms with Crippen LogP contribution in [0, 0.1) is 5.82 Å². The van der Waals surface area contributed by atoms with E-state index in [1.165, 1.54) is 28.8 Å².